The van der Waals surface area contributed by atoms with Crippen LogP contribution in [0.25, 0.3) is 16.5 Å². The van der Waals surface area contributed by atoms with Gasteiger partial charge in [0.25, 0.3) is 5.91 Å². The number of carbonyl (C=O) groups excluding carboxylic acids is 2. The molecule has 0 spiro atoms. The summed E-state index contributed by atoms with van der Waals surface area (Å²) in [5.74, 6) is 0.652. The fourth-order valence-electron chi connectivity index (χ4n) is 5.25. The zero-order chi connectivity index (χ0) is 27.7. The maximum Gasteiger partial charge on any atom is 0.410 e. The molecule has 1 atom stereocenters. The minimum Gasteiger partial charge on any atom is -0.493 e. The molecule has 204 valence electrons. The van der Waals surface area contributed by atoms with Crippen molar-refractivity contribution in [1.82, 2.24) is 15.2 Å². The van der Waals surface area contributed by atoms with Gasteiger partial charge in [0.05, 0.1) is 29.4 Å². The standard InChI is InChI=1S/C31H36N4O4/c1-31(2,3)39-30(37)35-16-13-20(14-17-35)21-10-8-11-23-27(21)32-19-24(28(23)34(4)5)29(36)33-25-15-18-38-26-12-7-6-9-22(25)26/h6-13,19,25H,14-18H2,1-5H3,(H,33,36)/t25-/m0/s1. The number of benzene rings is 2. The first-order valence-electron chi connectivity index (χ1n) is 13.4. The number of nitrogens with one attached hydrogen (secondary N) is 1. The van der Waals surface area contributed by atoms with Crippen molar-refractivity contribution in [2.24, 2.45) is 0 Å². The van der Waals surface area contributed by atoms with E-state index in [1.807, 2.05) is 76.2 Å². The highest BCUT2D eigenvalue weighted by molar-refractivity contribution is 6.09. The van der Waals surface area contributed by atoms with Gasteiger partial charge in [-0.3, -0.25) is 9.78 Å². The Morgan fingerprint density at radius 1 is 1.13 bits per heavy atom. The summed E-state index contributed by atoms with van der Waals surface area (Å²) >= 11 is 0. The summed E-state index contributed by atoms with van der Waals surface area (Å²) in [6.07, 6.45) is 4.86. The molecule has 0 saturated heterocycles. The van der Waals surface area contributed by atoms with Gasteiger partial charge in [-0.1, -0.05) is 42.5 Å². The minimum atomic E-state index is -0.526. The van der Waals surface area contributed by atoms with E-state index in [2.05, 4.69) is 17.5 Å². The van der Waals surface area contributed by atoms with Gasteiger partial charge in [-0.05, 0) is 38.8 Å². The fraction of sp³-hybridized carbons (Fsp3) is 0.387. The molecular formula is C31H36N4O4. The Morgan fingerprint density at radius 3 is 2.64 bits per heavy atom. The van der Waals surface area contributed by atoms with Crippen LogP contribution >= 0.6 is 0 Å². The SMILES string of the molecule is CN(C)c1c(C(=O)N[C@H]2CCOc3ccccc32)cnc2c(C3=CCN(C(=O)OC(C)(C)C)CC3)cccc12. The predicted molar refractivity (Wildman–Crippen MR) is 153 cm³/mol. The lowest BCUT2D eigenvalue weighted by atomic mass is 9.95. The van der Waals surface area contributed by atoms with E-state index in [-0.39, 0.29) is 18.0 Å². The summed E-state index contributed by atoms with van der Waals surface area (Å²) in [5.41, 5.74) is 4.81. The molecule has 0 fully saturated rings. The van der Waals surface area contributed by atoms with Gasteiger partial charge in [0.1, 0.15) is 11.4 Å². The molecule has 8 heteroatoms. The second-order valence-electron chi connectivity index (χ2n) is 11.2. The molecule has 8 nitrogen and oxygen atoms in total. The first-order valence-corrected chi connectivity index (χ1v) is 13.4. The normalized spacial score (nSPS) is 17.1. The average molecular weight is 529 g/mol. The van der Waals surface area contributed by atoms with E-state index in [0.717, 1.165) is 39.0 Å². The van der Waals surface area contributed by atoms with Crippen molar-refractivity contribution in [1.29, 1.82) is 0 Å². The number of ether oxygens (including phenoxy) is 2. The number of fused-ring (bicyclic) bond motifs is 2. The molecule has 2 aliphatic heterocycles. The average Bonchev–Trinajstić information content (AvgIpc) is 2.91. The maximum atomic E-state index is 13.6. The summed E-state index contributed by atoms with van der Waals surface area (Å²) < 4.78 is 11.3. The highest BCUT2D eigenvalue weighted by Crippen LogP contribution is 2.36. The van der Waals surface area contributed by atoms with Gasteiger partial charge >= 0.3 is 6.09 Å². The Morgan fingerprint density at radius 2 is 1.92 bits per heavy atom. The van der Waals surface area contributed by atoms with Crippen LogP contribution in [0.3, 0.4) is 0 Å². The largest absolute Gasteiger partial charge is 0.493 e. The number of pyridine rings is 1. The lowest BCUT2D eigenvalue weighted by Crippen LogP contribution is -2.39. The number of carbonyl (C=O) groups is 2. The second-order valence-corrected chi connectivity index (χ2v) is 11.2. The van der Waals surface area contributed by atoms with E-state index in [0.29, 0.717) is 38.1 Å². The van der Waals surface area contributed by atoms with E-state index in [9.17, 15) is 9.59 Å². The van der Waals surface area contributed by atoms with Crippen LogP contribution in [0.1, 0.15) is 61.1 Å². The van der Waals surface area contributed by atoms with E-state index >= 15 is 0 Å². The number of anilines is 1. The fourth-order valence-corrected chi connectivity index (χ4v) is 5.25. The molecule has 3 heterocycles. The first-order chi connectivity index (χ1) is 18.6. The first kappa shape index (κ1) is 26.5. The summed E-state index contributed by atoms with van der Waals surface area (Å²) in [6.45, 7) is 7.23. The molecule has 2 aliphatic rings. The molecule has 1 aromatic heterocycles. The van der Waals surface area contributed by atoms with E-state index in [1.54, 1.807) is 11.1 Å². The number of hydrogen-bond acceptors (Lipinski definition) is 6. The smallest absolute Gasteiger partial charge is 0.410 e. The number of para-hydroxylation sites is 2. The number of amides is 2. The zero-order valence-corrected chi connectivity index (χ0v) is 23.3. The Balaban J connectivity index is 1.44. The van der Waals surface area contributed by atoms with Gasteiger partial charge < -0.3 is 24.6 Å². The highest BCUT2D eigenvalue weighted by Gasteiger charge is 2.27. The van der Waals surface area contributed by atoms with Crippen LogP contribution in [0.4, 0.5) is 10.5 Å². The Kier molecular flexibility index (Phi) is 7.21. The topological polar surface area (TPSA) is 84.0 Å². The van der Waals surface area contributed by atoms with Crippen LogP contribution in [0.2, 0.25) is 0 Å². The monoisotopic (exact) mass is 528 g/mol. The zero-order valence-electron chi connectivity index (χ0n) is 23.3. The van der Waals surface area contributed by atoms with Crippen LogP contribution < -0.4 is 15.0 Å². The van der Waals surface area contributed by atoms with E-state index < -0.39 is 5.60 Å². The molecule has 3 aromatic rings. The van der Waals surface area contributed by atoms with Crippen molar-refractivity contribution in [3.05, 3.63) is 71.4 Å². The van der Waals surface area contributed by atoms with Crippen LogP contribution in [-0.4, -0.2) is 61.3 Å². The van der Waals surface area contributed by atoms with Crippen molar-refractivity contribution in [3.8, 4) is 5.75 Å². The number of aromatic nitrogens is 1. The van der Waals surface area contributed by atoms with Crippen LogP contribution in [0, 0.1) is 0 Å². The van der Waals surface area contributed by atoms with Gasteiger partial charge in [-0.25, -0.2) is 4.79 Å². The third-order valence-corrected chi connectivity index (χ3v) is 7.03. The van der Waals surface area contributed by atoms with E-state index in [4.69, 9.17) is 14.5 Å². The van der Waals surface area contributed by atoms with Gasteiger partial charge in [0, 0.05) is 56.3 Å². The minimum absolute atomic E-state index is 0.125. The molecular weight excluding hydrogens is 492 g/mol. The summed E-state index contributed by atoms with van der Waals surface area (Å²) in [6, 6.07) is 13.8. The van der Waals surface area contributed by atoms with Crippen molar-refractivity contribution in [3.63, 3.8) is 0 Å². The van der Waals surface area contributed by atoms with Gasteiger partial charge in [0.2, 0.25) is 0 Å². The van der Waals surface area contributed by atoms with Gasteiger partial charge in [0.15, 0.2) is 0 Å². The van der Waals surface area contributed by atoms with Crippen LogP contribution in [0.5, 0.6) is 5.75 Å². The third-order valence-electron chi connectivity index (χ3n) is 7.03. The molecule has 39 heavy (non-hydrogen) atoms. The molecule has 0 unspecified atom stereocenters. The summed E-state index contributed by atoms with van der Waals surface area (Å²) in [5, 5.41) is 4.12. The molecule has 0 radical (unpaired) electrons. The molecule has 0 bridgehead atoms. The summed E-state index contributed by atoms with van der Waals surface area (Å²) in [7, 11) is 3.89. The van der Waals surface area contributed by atoms with Gasteiger partial charge in [-0.2, -0.15) is 0 Å². The lowest BCUT2D eigenvalue weighted by Gasteiger charge is -2.30. The third kappa shape index (κ3) is 5.55. The molecule has 0 aliphatic carbocycles. The Hall–Kier alpha value is -4.07. The Labute approximate surface area is 229 Å². The molecule has 2 aromatic carbocycles. The number of hydrogen-bond donors (Lipinski definition) is 1. The quantitative estimate of drug-likeness (QED) is 0.476. The highest BCUT2D eigenvalue weighted by atomic mass is 16.6. The molecule has 5 rings (SSSR count). The molecule has 0 saturated carbocycles. The van der Waals surface area contributed by atoms with Crippen molar-refractivity contribution in [2.45, 2.75) is 45.3 Å². The second kappa shape index (κ2) is 10.6. The van der Waals surface area contributed by atoms with Crippen LogP contribution in [0.15, 0.2) is 54.7 Å². The molecule has 2 amide bonds. The van der Waals surface area contributed by atoms with Crippen molar-refractivity contribution < 1.29 is 19.1 Å². The molecule has 1 N–H and O–H groups in total. The number of nitrogens with zero attached hydrogens (tertiary/aromatic N) is 3. The number of rotatable bonds is 4. The lowest BCUT2D eigenvalue weighted by molar-refractivity contribution is 0.0270. The Bertz CT molecular complexity index is 1440. The maximum absolute atomic E-state index is 13.6. The van der Waals surface area contributed by atoms with Crippen molar-refractivity contribution in [2.75, 3.05) is 38.7 Å². The van der Waals surface area contributed by atoms with Gasteiger partial charge in [-0.15, -0.1) is 0 Å². The summed E-state index contributed by atoms with van der Waals surface area (Å²) in [4.78, 5) is 34.6. The van der Waals surface area contributed by atoms with E-state index in [1.165, 1.54) is 0 Å². The van der Waals surface area contributed by atoms with Crippen LogP contribution in [-0.2, 0) is 4.74 Å². The van der Waals surface area contributed by atoms with Crippen molar-refractivity contribution >= 4 is 34.2 Å². The predicted octanol–water partition coefficient (Wildman–Crippen LogP) is 5.58.